The van der Waals surface area contributed by atoms with Gasteiger partial charge in [0.1, 0.15) is 0 Å². The molecule has 0 aromatic heterocycles. The summed E-state index contributed by atoms with van der Waals surface area (Å²) in [7, 11) is 0. The quantitative estimate of drug-likeness (QED) is 0.798. The molecular formula is C13H17NOS. The summed E-state index contributed by atoms with van der Waals surface area (Å²) in [6, 6.07) is 8.16. The maximum Gasteiger partial charge on any atom is 0.227 e. The number of hydrogen-bond donors (Lipinski definition) is 1. The van der Waals surface area contributed by atoms with E-state index in [1.54, 1.807) is 0 Å². The lowest BCUT2D eigenvalue weighted by molar-refractivity contribution is -0.117. The van der Waals surface area contributed by atoms with E-state index in [1.807, 2.05) is 23.1 Å². The highest BCUT2D eigenvalue weighted by atomic mass is 32.1. The summed E-state index contributed by atoms with van der Waals surface area (Å²) in [4.78, 5) is 13.8. The molecule has 86 valence electrons. The van der Waals surface area contributed by atoms with Gasteiger partial charge in [-0.3, -0.25) is 4.79 Å². The Kier molecular flexibility index (Phi) is 3.54. The summed E-state index contributed by atoms with van der Waals surface area (Å²) >= 11 is 4.28. The number of rotatable bonds is 3. The van der Waals surface area contributed by atoms with E-state index < -0.39 is 0 Å². The van der Waals surface area contributed by atoms with Crippen LogP contribution in [0.2, 0.25) is 0 Å². The highest BCUT2D eigenvalue weighted by Crippen LogP contribution is 2.28. The topological polar surface area (TPSA) is 20.3 Å². The van der Waals surface area contributed by atoms with Crippen LogP contribution in [0.1, 0.15) is 18.9 Å². The highest BCUT2D eigenvalue weighted by molar-refractivity contribution is 7.80. The van der Waals surface area contributed by atoms with E-state index in [0.717, 1.165) is 24.4 Å². The zero-order valence-electron chi connectivity index (χ0n) is 9.52. The van der Waals surface area contributed by atoms with E-state index in [-0.39, 0.29) is 5.91 Å². The van der Waals surface area contributed by atoms with Crippen LogP contribution in [0.5, 0.6) is 0 Å². The van der Waals surface area contributed by atoms with Gasteiger partial charge < -0.3 is 4.90 Å². The molecule has 3 heteroatoms. The molecule has 0 radical (unpaired) electrons. The van der Waals surface area contributed by atoms with Crippen LogP contribution in [-0.2, 0) is 11.2 Å². The maximum absolute atomic E-state index is 11.9. The molecule has 1 saturated heterocycles. The fraction of sp³-hybridized carbons (Fsp3) is 0.462. The van der Waals surface area contributed by atoms with Gasteiger partial charge in [-0.05, 0) is 29.7 Å². The van der Waals surface area contributed by atoms with Gasteiger partial charge >= 0.3 is 0 Å². The Hall–Kier alpha value is -0.960. The second-order valence-electron chi connectivity index (χ2n) is 4.24. The SMILES string of the molecule is CCc1ccccc1N1CC(CS)CC1=O. The van der Waals surface area contributed by atoms with Crippen molar-refractivity contribution in [2.75, 3.05) is 17.2 Å². The van der Waals surface area contributed by atoms with Crippen LogP contribution in [-0.4, -0.2) is 18.2 Å². The summed E-state index contributed by atoms with van der Waals surface area (Å²) in [6.07, 6.45) is 1.60. The van der Waals surface area contributed by atoms with Crippen LogP contribution in [0.4, 0.5) is 5.69 Å². The van der Waals surface area contributed by atoms with Gasteiger partial charge in [-0.1, -0.05) is 25.1 Å². The summed E-state index contributed by atoms with van der Waals surface area (Å²) in [5.41, 5.74) is 2.33. The first-order valence-corrected chi connectivity index (χ1v) is 6.38. The first-order chi connectivity index (χ1) is 7.76. The van der Waals surface area contributed by atoms with Gasteiger partial charge in [0.25, 0.3) is 0 Å². The zero-order chi connectivity index (χ0) is 11.5. The Morgan fingerprint density at radius 3 is 2.81 bits per heavy atom. The Morgan fingerprint density at radius 1 is 1.44 bits per heavy atom. The molecule has 0 bridgehead atoms. The molecule has 1 unspecified atom stereocenters. The number of benzene rings is 1. The predicted octanol–water partition coefficient (Wildman–Crippen LogP) is 2.53. The molecular weight excluding hydrogens is 218 g/mol. The molecule has 1 atom stereocenters. The number of para-hydroxylation sites is 1. The minimum absolute atomic E-state index is 0.236. The van der Waals surface area contributed by atoms with Crippen LogP contribution in [0.15, 0.2) is 24.3 Å². The van der Waals surface area contributed by atoms with Gasteiger partial charge in [-0.15, -0.1) is 0 Å². The maximum atomic E-state index is 11.9. The lowest BCUT2D eigenvalue weighted by atomic mass is 10.1. The molecule has 16 heavy (non-hydrogen) atoms. The van der Waals surface area contributed by atoms with Gasteiger partial charge in [0.15, 0.2) is 0 Å². The second-order valence-corrected chi connectivity index (χ2v) is 4.60. The first kappa shape index (κ1) is 11.5. The minimum Gasteiger partial charge on any atom is -0.312 e. The predicted molar refractivity (Wildman–Crippen MR) is 70.1 cm³/mol. The Labute approximate surface area is 102 Å². The number of thiol groups is 1. The molecule has 0 N–H and O–H groups in total. The summed E-state index contributed by atoms with van der Waals surface area (Å²) in [5.74, 6) is 1.43. The first-order valence-electron chi connectivity index (χ1n) is 5.75. The van der Waals surface area contributed by atoms with Crippen molar-refractivity contribution in [2.45, 2.75) is 19.8 Å². The van der Waals surface area contributed by atoms with Crippen molar-refractivity contribution in [3.63, 3.8) is 0 Å². The minimum atomic E-state index is 0.236. The molecule has 0 saturated carbocycles. The van der Waals surface area contributed by atoms with Gasteiger partial charge in [0.05, 0.1) is 0 Å². The molecule has 1 fully saturated rings. The van der Waals surface area contributed by atoms with Crippen LogP contribution in [0, 0.1) is 5.92 Å². The van der Waals surface area contributed by atoms with Gasteiger partial charge in [0, 0.05) is 18.7 Å². The molecule has 1 aromatic rings. The number of nitrogens with zero attached hydrogens (tertiary/aromatic N) is 1. The number of carbonyl (C=O) groups excluding carboxylic acids is 1. The van der Waals surface area contributed by atoms with E-state index in [4.69, 9.17) is 0 Å². The van der Waals surface area contributed by atoms with Crippen molar-refractivity contribution in [3.8, 4) is 0 Å². The van der Waals surface area contributed by atoms with Crippen molar-refractivity contribution >= 4 is 24.2 Å². The Morgan fingerprint density at radius 2 is 2.19 bits per heavy atom. The van der Waals surface area contributed by atoms with Gasteiger partial charge in [0.2, 0.25) is 5.91 Å². The molecule has 1 aliphatic rings. The number of hydrogen-bond acceptors (Lipinski definition) is 2. The molecule has 1 amide bonds. The van der Waals surface area contributed by atoms with Crippen molar-refractivity contribution < 1.29 is 4.79 Å². The number of carbonyl (C=O) groups is 1. The van der Waals surface area contributed by atoms with Crippen molar-refractivity contribution in [1.82, 2.24) is 0 Å². The average molecular weight is 235 g/mol. The second kappa shape index (κ2) is 4.91. The van der Waals surface area contributed by atoms with Gasteiger partial charge in [-0.25, -0.2) is 0 Å². The molecule has 1 aliphatic heterocycles. The number of anilines is 1. The lowest BCUT2D eigenvalue weighted by Crippen LogP contribution is -2.25. The fourth-order valence-electron chi connectivity index (χ4n) is 2.21. The van der Waals surface area contributed by atoms with Crippen molar-refractivity contribution in [1.29, 1.82) is 0 Å². The molecule has 0 spiro atoms. The summed E-state index contributed by atoms with van der Waals surface area (Å²) < 4.78 is 0. The third kappa shape index (κ3) is 2.09. The molecule has 1 heterocycles. The Bertz CT molecular complexity index is 391. The van der Waals surface area contributed by atoms with E-state index in [1.165, 1.54) is 5.56 Å². The van der Waals surface area contributed by atoms with Crippen molar-refractivity contribution in [3.05, 3.63) is 29.8 Å². The third-order valence-corrected chi connectivity index (χ3v) is 3.64. The smallest absolute Gasteiger partial charge is 0.227 e. The largest absolute Gasteiger partial charge is 0.312 e. The zero-order valence-corrected chi connectivity index (χ0v) is 10.4. The molecule has 0 aliphatic carbocycles. The molecule has 2 nitrogen and oxygen atoms in total. The van der Waals surface area contributed by atoms with Crippen molar-refractivity contribution in [2.24, 2.45) is 5.92 Å². The standard InChI is InChI=1S/C13H17NOS/c1-2-11-5-3-4-6-12(11)14-8-10(9-16)7-13(14)15/h3-6,10,16H,2,7-9H2,1H3. The lowest BCUT2D eigenvalue weighted by Gasteiger charge is -2.19. The monoisotopic (exact) mass is 235 g/mol. The van der Waals surface area contributed by atoms with E-state index >= 15 is 0 Å². The van der Waals surface area contributed by atoms with E-state index in [0.29, 0.717) is 12.3 Å². The molecule has 1 aromatic carbocycles. The molecule has 2 rings (SSSR count). The number of amides is 1. The normalized spacial score (nSPS) is 20.5. The van der Waals surface area contributed by atoms with Crippen LogP contribution in [0.25, 0.3) is 0 Å². The fourth-order valence-corrected chi connectivity index (χ4v) is 2.45. The van der Waals surface area contributed by atoms with Crippen LogP contribution < -0.4 is 4.90 Å². The van der Waals surface area contributed by atoms with E-state index in [2.05, 4.69) is 25.6 Å². The summed E-state index contributed by atoms with van der Waals surface area (Å²) in [6.45, 7) is 2.94. The highest BCUT2D eigenvalue weighted by Gasteiger charge is 2.30. The van der Waals surface area contributed by atoms with Crippen LogP contribution in [0.3, 0.4) is 0 Å². The number of aryl methyl sites for hydroxylation is 1. The third-order valence-electron chi connectivity index (χ3n) is 3.13. The van der Waals surface area contributed by atoms with E-state index in [9.17, 15) is 4.79 Å². The summed E-state index contributed by atoms with van der Waals surface area (Å²) in [5, 5.41) is 0. The van der Waals surface area contributed by atoms with Gasteiger partial charge in [-0.2, -0.15) is 12.6 Å². The van der Waals surface area contributed by atoms with Crippen LogP contribution >= 0.6 is 12.6 Å². The average Bonchev–Trinajstić information content (AvgIpc) is 2.70. The Balaban J connectivity index is 2.27.